The van der Waals surface area contributed by atoms with Gasteiger partial charge in [-0.2, -0.15) is 0 Å². The first-order chi connectivity index (χ1) is 14.9. The first kappa shape index (κ1) is 22.0. The number of nitrogens with zero attached hydrogens (tertiary/aromatic N) is 1. The maximum Gasteiger partial charge on any atom is 0.338 e. The van der Waals surface area contributed by atoms with Crippen LogP contribution in [0, 0.1) is 0 Å². The van der Waals surface area contributed by atoms with Crippen molar-refractivity contribution in [2.45, 2.75) is 19.5 Å². The molecule has 2 aromatic carbocycles. The third-order valence-corrected chi connectivity index (χ3v) is 5.01. The number of aromatic carboxylic acids is 1. The van der Waals surface area contributed by atoms with Gasteiger partial charge in [0, 0.05) is 12.8 Å². The van der Waals surface area contributed by atoms with Crippen LogP contribution in [0.25, 0.3) is 0 Å². The van der Waals surface area contributed by atoms with Crippen LogP contribution in [0.2, 0.25) is 0 Å². The number of carbonyl (C=O) groups excluding carboxylic acids is 2. The lowest BCUT2D eigenvalue weighted by molar-refractivity contribution is -0.140. The Balaban J connectivity index is 1.94. The van der Waals surface area contributed by atoms with Gasteiger partial charge < -0.3 is 19.9 Å². The molecule has 2 amide bonds. The van der Waals surface area contributed by atoms with E-state index in [0.29, 0.717) is 11.3 Å². The van der Waals surface area contributed by atoms with Crippen molar-refractivity contribution in [1.82, 2.24) is 10.2 Å². The lowest BCUT2D eigenvalue weighted by atomic mass is 9.94. The summed E-state index contributed by atoms with van der Waals surface area (Å²) >= 11 is 0. The number of hydrogen-bond donors (Lipinski definition) is 2. The number of carbonyl (C=O) groups is 3. The Morgan fingerprint density at radius 3 is 2.35 bits per heavy atom. The van der Waals surface area contributed by atoms with Gasteiger partial charge in [0.05, 0.1) is 30.3 Å². The molecule has 8 nitrogen and oxygen atoms in total. The van der Waals surface area contributed by atoms with Gasteiger partial charge in [-0.25, -0.2) is 14.4 Å². The fourth-order valence-electron chi connectivity index (χ4n) is 3.36. The van der Waals surface area contributed by atoms with Crippen LogP contribution in [0.15, 0.2) is 65.9 Å². The quantitative estimate of drug-likeness (QED) is 0.498. The summed E-state index contributed by atoms with van der Waals surface area (Å²) in [5, 5.41) is 11.9. The van der Waals surface area contributed by atoms with E-state index in [9.17, 15) is 14.4 Å². The predicted octanol–water partition coefficient (Wildman–Crippen LogP) is 3.11. The third-order valence-electron chi connectivity index (χ3n) is 5.01. The average Bonchev–Trinajstić information content (AvgIpc) is 2.77. The van der Waals surface area contributed by atoms with Crippen molar-refractivity contribution in [3.63, 3.8) is 0 Å². The summed E-state index contributed by atoms with van der Waals surface area (Å²) in [6.45, 7) is 2.24. The zero-order valence-electron chi connectivity index (χ0n) is 17.3. The van der Waals surface area contributed by atoms with Crippen LogP contribution < -0.4 is 5.32 Å². The molecular weight excluding hydrogens is 400 g/mol. The Morgan fingerprint density at radius 2 is 1.74 bits per heavy atom. The van der Waals surface area contributed by atoms with E-state index in [1.54, 1.807) is 19.1 Å². The highest BCUT2D eigenvalue weighted by Crippen LogP contribution is 2.32. The molecule has 1 aliphatic rings. The molecule has 1 atom stereocenters. The van der Waals surface area contributed by atoms with Gasteiger partial charge in [0.1, 0.15) is 6.61 Å². The van der Waals surface area contributed by atoms with Crippen LogP contribution in [0.1, 0.15) is 34.5 Å². The average molecular weight is 424 g/mol. The standard InChI is InChI=1S/C23H24N2O6/c1-15-19(22(28)31-13-12-30-2)20(17-6-4-3-5-7-17)24-23(29)25(15)14-16-8-10-18(11-9-16)21(26)27/h3-11,20H,12-14H2,1-2H3,(H,24,29)(H,26,27)/t20-/m0/s1. The molecule has 0 saturated carbocycles. The van der Waals surface area contributed by atoms with Gasteiger partial charge in [-0.3, -0.25) is 4.90 Å². The van der Waals surface area contributed by atoms with Gasteiger partial charge >= 0.3 is 18.0 Å². The van der Waals surface area contributed by atoms with Gasteiger partial charge in [0.15, 0.2) is 0 Å². The Labute approximate surface area is 180 Å². The number of rotatable bonds is 8. The number of carboxylic acids is 1. The van der Waals surface area contributed by atoms with Gasteiger partial charge in [0.25, 0.3) is 0 Å². The van der Waals surface area contributed by atoms with Crippen molar-refractivity contribution in [2.24, 2.45) is 0 Å². The number of esters is 1. The van der Waals surface area contributed by atoms with Crippen molar-refractivity contribution in [1.29, 1.82) is 0 Å². The number of ether oxygens (including phenoxy) is 2. The third kappa shape index (κ3) is 5.10. The molecule has 0 aromatic heterocycles. The fourth-order valence-corrected chi connectivity index (χ4v) is 3.36. The number of carboxylic acid groups (broad SMARTS) is 1. The number of nitrogens with one attached hydrogen (secondary N) is 1. The second-order valence-corrected chi connectivity index (χ2v) is 7.01. The Bertz CT molecular complexity index is 985. The Morgan fingerprint density at radius 1 is 1.06 bits per heavy atom. The second kappa shape index (κ2) is 9.90. The van der Waals surface area contributed by atoms with Crippen molar-refractivity contribution in [2.75, 3.05) is 20.3 Å². The van der Waals surface area contributed by atoms with Crippen molar-refractivity contribution in [3.05, 3.63) is 82.6 Å². The smallest absolute Gasteiger partial charge is 0.338 e. The summed E-state index contributed by atoms with van der Waals surface area (Å²) in [6.07, 6.45) is 0. The van der Waals surface area contributed by atoms with E-state index in [1.807, 2.05) is 30.3 Å². The molecule has 8 heteroatoms. The molecule has 31 heavy (non-hydrogen) atoms. The SMILES string of the molecule is COCCOC(=O)C1=C(C)N(Cc2ccc(C(=O)O)cc2)C(=O)N[C@H]1c1ccccc1. The van der Waals surface area contributed by atoms with Crippen molar-refractivity contribution >= 4 is 18.0 Å². The number of amides is 2. The molecule has 162 valence electrons. The topological polar surface area (TPSA) is 105 Å². The fraction of sp³-hybridized carbons (Fsp3) is 0.261. The van der Waals surface area contributed by atoms with E-state index >= 15 is 0 Å². The van der Waals surface area contributed by atoms with E-state index < -0.39 is 18.0 Å². The highest BCUT2D eigenvalue weighted by atomic mass is 16.6. The molecule has 0 unspecified atom stereocenters. The zero-order valence-corrected chi connectivity index (χ0v) is 17.3. The number of benzene rings is 2. The van der Waals surface area contributed by atoms with E-state index in [-0.39, 0.29) is 31.4 Å². The van der Waals surface area contributed by atoms with E-state index in [1.165, 1.54) is 24.1 Å². The summed E-state index contributed by atoms with van der Waals surface area (Å²) in [6, 6.07) is 14.4. The van der Waals surface area contributed by atoms with Crippen molar-refractivity contribution < 1.29 is 29.0 Å². The van der Waals surface area contributed by atoms with E-state index in [2.05, 4.69) is 5.32 Å². The molecule has 2 N–H and O–H groups in total. The van der Waals surface area contributed by atoms with Gasteiger partial charge in [0.2, 0.25) is 0 Å². The maximum atomic E-state index is 12.9. The van der Waals surface area contributed by atoms with Gasteiger partial charge in [-0.1, -0.05) is 42.5 Å². The molecule has 0 aliphatic carbocycles. The molecule has 2 aromatic rings. The number of methoxy groups -OCH3 is 1. The van der Waals surface area contributed by atoms with Crippen LogP contribution >= 0.6 is 0 Å². The van der Waals surface area contributed by atoms with Gasteiger partial charge in [-0.15, -0.1) is 0 Å². The number of urea groups is 1. The molecule has 0 saturated heterocycles. The molecule has 0 radical (unpaired) electrons. The highest BCUT2D eigenvalue weighted by Gasteiger charge is 2.36. The Kier molecular flexibility index (Phi) is 7.04. The van der Waals surface area contributed by atoms with Crippen LogP contribution in [-0.2, 0) is 20.8 Å². The summed E-state index contributed by atoms with van der Waals surface area (Å²) in [5.41, 5.74) is 2.46. The normalized spacial score (nSPS) is 16.1. The largest absolute Gasteiger partial charge is 0.478 e. The summed E-state index contributed by atoms with van der Waals surface area (Å²) in [7, 11) is 1.52. The number of hydrogen-bond acceptors (Lipinski definition) is 5. The molecule has 0 spiro atoms. The van der Waals surface area contributed by atoms with E-state index in [0.717, 1.165) is 11.1 Å². The predicted molar refractivity (Wildman–Crippen MR) is 112 cm³/mol. The Hall–Kier alpha value is -3.65. The minimum atomic E-state index is -1.02. The second-order valence-electron chi connectivity index (χ2n) is 7.01. The minimum absolute atomic E-state index is 0.0955. The lowest BCUT2D eigenvalue weighted by Gasteiger charge is -2.35. The monoisotopic (exact) mass is 424 g/mol. The van der Waals surface area contributed by atoms with Crippen LogP contribution in [0.3, 0.4) is 0 Å². The molecule has 0 bridgehead atoms. The van der Waals surface area contributed by atoms with Gasteiger partial charge in [-0.05, 0) is 30.2 Å². The summed E-state index contributed by atoms with van der Waals surface area (Å²) in [5.74, 6) is -1.56. The molecule has 1 aliphatic heterocycles. The number of allylic oxidation sites excluding steroid dienone is 1. The minimum Gasteiger partial charge on any atom is -0.478 e. The molecule has 3 rings (SSSR count). The van der Waals surface area contributed by atoms with Crippen molar-refractivity contribution in [3.8, 4) is 0 Å². The van der Waals surface area contributed by atoms with Crippen LogP contribution in [0.5, 0.6) is 0 Å². The zero-order chi connectivity index (χ0) is 22.4. The summed E-state index contributed by atoms with van der Waals surface area (Å²) < 4.78 is 10.3. The summed E-state index contributed by atoms with van der Waals surface area (Å²) in [4.78, 5) is 38.3. The maximum absolute atomic E-state index is 12.9. The first-order valence-corrected chi connectivity index (χ1v) is 9.74. The van der Waals surface area contributed by atoms with Crippen LogP contribution in [0.4, 0.5) is 4.79 Å². The lowest BCUT2D eigenvalue weighted by Crippen LogP contribution is -2.47. The van der Waals surface area contributed by atoms with E-state index in [4.69, 9.17) is 14.6 Å². The molecule has 1 heterocycles. The first-order valence-electron chi connectivity index (χ1n) is 9.74. The molecular formula is C23H24N2O6. The highest BCUT2D eigenvalue weighted by molar-refractivity contribution is 5.95. The molecule has 0 fully saturated rings. The van der Waals surface area contributed by atoms with Crippen LogP contribution in [-0.4, -0.2) is 48.3 Å².